The number of sulfonamides is 1. The van der Waals surface area contributed by atoms with Gasteiger partial charge in [0.25, 0.3) is 0 Å². The fourth-order valence-corrected chi connectivity index (χ4v) is 4.36. The van der Waals surface area contributed by atoms with Gasteiger partial charge in [-0.05, 0) is 35.4 Å². The molecule has 0 fully saturated rings. The van der Waals surface area contributed by atoms with Crippen LogP contribution in [0.5, 0.6) is 0 Å². The van der Waals surface area contributed by atoms with Crippen molar-refractivity contribution in [3.05, 3.63) is 94.8 Å². The Bertz CT molecular complexity index is 1020. The highest BCUT2D eigenvalue weighted by Crippen LogP contribution is 2.34. The van der Waals surface area contributed by atoms with Crippen molar-refractivity contribution in [3.63, 3.8) is 0 Å². The Labute approximate surface area is 165 Å². The van der Waals surface area contributed by atoms with Crippen LogP contribution in [0, 0.1) is 0 Å². The first-order valence-electron chi connectivity index (χ1n) is 8.02. The zero-order chi connectivity index (χ0) is 20.4. The molecule has 0 saturated carbocycles. The minimum absolute atomic E-state index is 0.307. The van der Waals surface area contributed by atoms with E-state index in [0.29, 0.717) is 17.2 Å². The lowest BCUT2D eigenvalue weighted by molar-refractivity contribution is -0.137. The minimum Gasteiger partial charge on any atom is -0.264 e. The zero-order valence-corrected chi connectivity index (χ0v) is 15.8. The first-order valence-corrected chi connectivity index (χ1v) is 9.88. The molecule has 3 aromatic rings. The molecule has 3 rings (SSSR count). The zero-order valence-electron chi connectivity index (χ0n) is 14.2. The second-order valence-corrected chi connectivity index (χ2v) is 7.98. The number of nitrogens with one attached hydrogen (secondary N) is 1. The van der Waals surface area contributed by atoms with Gasteiger partial charge in [0, 0.05) is 12.4 Å². The van der Waals surface area contributed by atoms with Gasteiger partial charge in [0.2, 0.25) is 10.0 Å². The van der Waals surface area contributed by atoms with Crippen LogP contribution in [-0.2, 0) is 16.2 Å². The molecule has 0 amide bonds. The summed E-state index contributed by atoms with van der Waals surface area (Å²) in [5.41, 5.74) is 0.0254. The average Bonchev–Trinajstić information content (AvgIpc) is 2.67. The van der Waals surface area contributed by atoms with Gasteiger partial charge in [-0.2, -0.15) is 17.9 Å². The largest absolute Gasteiger partial charge is 0.416 e. The average molecular weight is 427 g/mol. The van der Waals surface area contributed by atoms with Gasteiger partial charge in [0.1, 0.15) is 4.90 Å². The van der Waals surface area contributed by atoms with Crippen molar-refractivity contribution in [1.82, 2.24) is 9.71 Å². The molecule has 0 radical (unpaired) electrons. The van der Waals surface area contributed by atoms with Crippen LogP contribution in [0.3, 0.4) is 0 Å². The predicted molar refractivity (Wildman–Crippen MR) is 99.3 cm³/mol. The van der Waals surface area contributed by atoms with Gasteiger partial charge in [0.15, 0.2) is 0 Å². The summed E-state index contributed by atoms with van der Waals surface area (Å²) in [5.74, 6) is 0. The van der Waals surface area contributed by atoms with Crippen LogP contribution in [0.25, 0.3) is 0 Å². The maximum absolute atomic E-state index is 13.0. The van der Waals surface area contributed by atoms with Crippen molar-refractivity contribution in [2.75, 3.05) is 0 Å². The van der Waals surface area contributed by atoms with Crippen LogP contribution < -0.4 is 4.72 Å². The summed E-state index contributed by atoms with van der Waals surface area (Å²) in [6.45, 7) is 0. The third kappa shape index (κ3) is 4.52. The summed E-state index contributed by atoms with van der Waals surface area (Å²) >= 11 is 5.91. The van der Waals surface area contributed by atoms with Crippen LogP contribution >= 0.6 is 11.6 Å². The van der Waals surface area contributed by atoms with E-state index in [1.165, 1.54) is 12.4 Å². The monoisotopic (exact) mass is 426 g/mol. The molecule has 0 saturated heterocycles. The quantitative estimate of drug-likeness (QED) is 0.636. The first kappa shape index (κ1) is 20.3. The van der Waals surface area contributed by atoms with Gasteiger partial charge < -0.3 is 0 Å². The topological polar surface area (TPSA) is 59.1 Å². The fourth-order valence-electron chi connectivity index (χ4n) is 2.63. The van der Waals surface area contributed by atoms with Gasteiger partial charge in [0.05, 0.1) is 16.6 Å². The number of halogens is 4. The first-order chi connectivity index (χ1) is 13.2. The number of rotatable bonds is 5. The highest BCUT2D eigenvalue weighted by Gasteiger charge is 2.33. The SMILES string of the molecule is O=S(=O)(NC(c1ccccc1)c1cccnc1)c1cc(C(F)(F)F)ccc1Cl. The molecule has 9 heteroatoms. The van der Waals surface area contributed by atoms with E-state index in [4.69, 9.17) is 11.6 Å². The lowest BCUT2D eigenvalue weighted by Crippen LogP contribution is -2.30. The second-order valence-electron chi connectivity index (χ2n) is 5.89. The van der Waals surface area contributed by atoms with Crippen molar-refractivity contribution in [2.45, 2.75) is 17.1 Å². The van der Waals surface area contributed by atoms with Crippen molar-refractivity contribution < 1.29 is 21.6 Å². The molecule has 0 aliphatic rings. The van der Waals surface area contributed by atoms with Crippen LogP contribution in [0.15, 0.2) is 78.0 Å². The molecule has 1 N–H and O–H groups in total. The second kappa shape index (κ2) is 7.90. The number of pyridine rings is 1. The molecule has 1 unspecified atom stereocenters. The highest BCUT2D eigenvalue weighted by atomic mass is 35.5. The molecule has 0 aliphatic heterocycles. The lowest BCUT2D eigenvalue weighted by Gasteiger charge is -2.20. The number of aromatic nitrogens is 1. The summed E-state index contributed by atoms with van der Waals surface area (Å²) in [5, 5.41) is -0.307. The smallest absolute Gasteiger partial charge is 0.264 e. The van der Waals surface area contributed by atoms with Crippen LogP contribution in [0.4, 0.5) is 13.2 Å². The van der Waals surface area contributed by atoms with Crippen molar-refractivity contribution in [3.8, 4) is 0 Å². The molecule has 4 nitrogen and oxygen atoms in total. The van der Waals surface area contributed by atoms with Crippen LogP contribution in [-0.4, -0.2) is 13.4 Å². The molecule has 28 heavy (non-hydrogen) atoms. The van der Waals surface area contributed by atoms with E-state index in [1.54, 1.807) is 42.5 Å². The summed E-state index contributed by atoms with van der Waals surface area (Å²) < 4.78 is 67.3. The van der Waals surface area contributed by atoms with E-state index in [0.717, 1.165) is 12.1 Å². The maximum Gasteiger partial charge on any atom is 0.416 e. The number of benzene rings is 2. The normalized spacial score (nSPS) is 13.3. The Morgan fingerprint density at radius 1 is 0.964 bits per heavy atom. The van der Waals surface area contributed by atoms with Gasteiger partial charge >= 0.3 is 6.18 Å². The van der Waals surface area contributed by atoms with E-state index in [1.807, 2.05) is 0 Å². The summed E-state index contributed by atoms with van der Waals surface area (Å²) in [6.07, 6.45) is -1.69. The molecular formula is C19H14ClF3N2O2S. The molecule has 1 heterocycles. The molecule has 0 bridgehead atoms. The van der Waals surface area contributed by atoms with Crippen molar-refractivity contribution in [2.24, 2.45) is 0 Å². The van der Waals surface area contributed by atoms with E-state index in [9.17, 15) is 21.6 Å². The van der Waals surface area contributed by atoms with E-state index in [2.05, 4.69) is 9.71 Å². The summed E-state index contributed by atoms with van der Waals surface area (Å²) in [7, 11) is -4.38. The Kier molecular flexibility index (Phi) is 5.74. The van der Waals surface area contributed by atoms with Gasteiger partial charge in [-0.25, -0.2) is 8.42 Å². The Morgan fingerprint density at radius 2 is 1.64 bits per heavy atom. The molecule has 146 valence electrons. The third-order valence-corrected chi connectivity index (χ3v) is 5.88. The third-order valence-electron chi connectivity index (χ3n) is 3.97. The number of nitrogens with zero attached hydrogens (tertiary/aromatic N) is 1. The van der Waals surface area contributed by atoms with E-state index < -0.39 is 32.7 Å². The lowest BCUT2D eigenvalue weighted by atomic mass is 10.0. The standard InChI is InChI=1S/C19H14ClF3N2O2S/c20-16-9-8-15(19(21,22)23)11-17(16)28(26,27)25-18(13-5-2-1-3-6-13)14-7-4-10-24-12-14/h1-12,18,25H. The van der Waals surface area contributed by atoms with E-state index >= 15 is 0 Å². The fraction of sp³-hybridized carbons (Fsp3) is 0.105. The molecular weight excluding hydrogens is 413 g/mol. The molecule has 0 spiro atoms. The number of hydrogen-bond acceptors (Lipinski definition) is 3. The maximum atomic E-state index is 13.0. The molecule has 1 aromatic heterocycles. The van der Waals surface area contributed by atoms with Gasteiger partial charge in [-0.1, -0.05) is 48.0 Å². The predicted octanol–water partition coefficient (Wildman–Crippen LogP) is 4.82. The molecule has 1 atom stereocenters. The number of hydrogen-bond donors (Lipinski definition) is 1. The van der Waals surface area contributed by atoms with Crippen LogP contribution in [0.1, 0.15) is 22.7 Å². The van der Waals surface area contributed by atoms with Gasteiger partial charge in [-0.15, -0.1) is 0 Å². The Morgan fingerprint density at radius 3 is 2.25 bits per heavy atom. The summed E-state index contributed by atoms with van der Waals surface area (Å²) in [6, 6.07) is 13.2. The van der Waals surface area contributed by atoms with Crippen molar-refractivity contribution in [1.29, 1.82) is 0 Å². The number of alkyl halides is 3. The minimum atomic E-state index is -4.70. The summed E-state index contributed by atoms with van der Waals surface area (Å²) in [4.78, 5) is 3.34. The Hall–Kier alpha value is -2.42. The van der Waals surface area contributed by atoms with Gasteiger partial charge in [-0.3, -0.25) is 4.98 Å². The highest BCUT2D eigenvalue weighted by molar-refractivity contribution is 7.89. The Balaban J connectivity index is 2.06. The molecule has 0 aliphatic carbocycles. The molecule has 2 aromatic carbocycles. The van der Waals surface area contributed by atoms with E-state index in [-0.39, 0.29) is 5.02 Å². The van der Waals surface area contributed by atoms with Crippen LogP contribution in [0.2, 0.25) is 5.02 Å². The van der Waals surface area contributed by atoms with Crippen molar-refractivity contribution >= 4 is 21.6 Å².